The molecule has 4 nitrogen and oxygen atoms in total. The summed E-state index contributed by atoms with van der Waals surface area (Å²) in [5.74, 6) is 0.685. The number of carbonyl (C=O) groups is 1. The summed E-state index contributed by atoms with van der Waals surface area (Å²) in [7, 11) is 0. The van der Waals surface area contributed by atoms with Gasteiger partial charge < -0.3 is 5.73 Å². The molecule has 0 saturated heterocycles. The summed E-state index contributed by atoms with van der Waals surface area (Å²) in [5, 5.41) is 10.5. The van der Waals surface area contributed by atoms with Gasteiger partial charge in [0.2, 0.25) is 0 Å². The van der Waals surface area contributed by atoms with Gasteiger partial charge in [0, 0.05) is 5.02 Å². The molecule has 2 rings (SSSR count). The lowest BCUT2D eigenvalue weighted by Crippen LogP contribution is -2.34. The van der Waals surface area contributed by atoms with Gasteiger partial charge in [0.25, 0.3) is 0 Å². The summed E-state index contributed by atoms with van der Waals surface area (Å²) < 4.78 is 0. The Bertz CT molecular complexity index is 393. The Morgan fingerprint density at radius 3 is 2.69 bits per heavy atom. The van der Waals surface area contributed by atoms with Crippen LogP contribution in [-0.2, 0) is 0 Å². The van der Waals surface area contributed by atoms with Crippen LogP contribution >= 0.6 is 11.6 Å². The normalized spacial score (nSPS) is 22.9. The van der Waals surface area contributed by atoms with E-state index in [1.807, 2.05) is 24.3 Å². The summed E-state index contributed by atoms with van der Waals surface area (Å²) >= 11 is 5.79. The van der Waals surface area contributed by atoms with Crippen LogP contribution in [0.5, 0.6) is 0 Å². The molecule has 1 aliphatic carbocycles. The van der Waals surface area contributed by atoms with Crippen molar-refractivity contribution in [3.63, 3.8) is 0 Å². The molecule has 1 saturated carbocycles. The molecule has 1 aromatic carbocycles. The summed E-state index contributed by atoms with van der Waals surface area (Å²) in [4.78, 5) is 10.6. The van der Waals surface area contributed by atoms with Crippen molar-refractivity contribution in [2.24, 2.45) is 11.7 Å². The van der Waals surface area contributed by atoms with Crippen molar-refractivity contribution in [1.82, 2.24) is 5.06 Å². The minimum Gasteiger partial charge on any atom is -0.350 e. The minimum absolute atomic E-state index is 0.290. The number of hydrogen-bond acceptors (Lipinski definition) is 2. The highest BCUT2D eigenvalue weighted by atomic mass is 35.5. The van der Waals surface area contributed by atoms with Gasteiger partial charge in [0.15, 0.2) is 0 Å². The van der Waals surface area contributed by atoms with Crippen LogP contribution in [0.4, 0.5) is 4.79 Å². The van der Waals surface area contributed by atoms with Gasteiger partial charge in [0.05, 0.1) is 6.54 Å². The zero-order valence-corrected chi connectivity index (χ0v) is 9.39. The third kappa shape index (κ3) is 2.46. The number of urea groups is 1. The van der Waals surface area contributed by atoms with E-state index in [0.717, 1.165) is 6.42 Å². The molecule has 5 heteroatoms. The average Bonchev–Trinajstić information content (AvgIpc) is 2.98. The van der Waals surface area contributed by atoms with Crippen LogP contribution in [0, 0.1) is 5.92 Å². The lowest BCUT2D eigenvalue weighted by atomic mass is 10.1. The van der Waals surface area contributed by atoms with Crippen molar-refractivity contribution < 1.29 is 10.0 Å². The van der Waals surface area contributed by atoms with Crippen LogP contribution in [0.3, 0.4) is 0 Å². The number of benzene rings is 1. The van der Waals surface area contributed by atoms with Gasteiger partial charge in [-0.25, -0.2) is 9.86 Å². The fraction of sp³-hybridized carbons (Fsp3) is 0.364. The molecule has 0 radical (unpaired) electrons. The number of halogens is 1. The highest BCUT2D eigenvalue weighted by Crippen LogP contribution is 2.47. The molecule has 1 fully saturated rings. The summed E-state index contributed by atoms with van der Waals surface area (Å²) in [6.45, 7) is 0.294. The Hall–Kier alpha value is -1.26. The van der Waals surface area contributed by atoms with Gasteiger partial charge in [-0.05, 0) is 36.0 Å². The Kier molecular flexibility index (Phi) is 3.03. The van der Waals surface area contributed by atoms with E-state index in [9.17, 15) is 10.0 Å². The van der Waals surface area contributed by atoms with Crippen LogP contribution in [0.1, 0.15) is 17.9 Å². The van der Waals surface area contributed by atoms with E-state index in [4.69, 9.17) is 17.3 Å². The van der Waals surface area contributed by atoms with Gasteiger partial charge in [0.1, 0.15) is 0 Å². The number of rotatable bonds is 3. The minimum atomic E-state index is -0.804. The number of nitrogens with two attached hydrogens (primary N) is 1. The first-order valence-corrected chi connectivity index (χ1v) is 5.47. The molecule has 0 unspecified atom stereocenters. The van der Waals surface area contributed by atoms with Crippen molar-refractivity contribution >= 4 is 17.6 Å². The second kappa shape index (κ2) is 4.31. The first-order chi connectivity index (χ1) is 7.58. The van der Waals surface area contributed by atoms with E-state index in [-0.39, 0.29) is 0 Å². The van der Waals surface area contributed by atoms with Gasteiger partial charge >= 0.3 is 6.03 Å². The predicted octanol–water partition coefficient (Wildman–Crippen LogP) is 2.21. The van der Waals surface area contributed by atoms with Gasteiger partial charge in [-0.15, -0.1) is 0 Å². The summed E-state index contributed by atoms with van der Waals surface area (Å²) in [6, 6.07) is 6.83. The largest absolute Gasteiger partial charge is 0.350 e. The van der Waals surface area contributed by atoms with Crippen molar-refractivity contribution in [3.8, 4) is 0 Å². The average molecular weight is 241 g/mol. The molecule has 2 amide bonds. The molecule has 0 heterocycles. The SMILES string of the molecule is NC(=O)N(O)C[C@@H]1C[C@H]1c1ccc(Cl)cc1. The third-order valence-electron chi connectivity index (χ3n) is 2.88. The predicted molar refractivity (Wildman–Crippen MR) is 60.4 cm³/mol. The third-order valence-corrected chi connectivity index (χ3v) is 3.13. The van der Waals surface area contributed by atoms with E-state index in [1.54, 1.807) is 0 Å². The molecule has 1 aliphatic rings. The van der Waals surface area contributed by atoms with E-state index in [2.05, 4.69) is 0 Å². The van der Waals surface area contributed by atoms with Crippen molar-refractivity contribution in [2.75, 3.05) is 6.54 Å². The lowest BCUT2D eigenvalue weighted by molar-refractivity contribution is -0.0431. The number of hydroxylamine groups is 2. The number of amides is 2. The molecule has 16 heavy (non-hydrogen) atoms. The molecular formula is C11H13ClN2O2. The first-order valence-electron chi connectivity index (χ1n) is 5.09. The van der Waals surface area contributed by atoms with Crippen LogP contribution in [-0.4, -0.2) is 22.8 Å². The molecule has 1 aromatic rings. The van der Waals surface area contributed by atoms with E-state index >= 15 is 0 Å². The fourth-order valence-electron chi connectivity index (χ4n) is 1.88. The number of carbonyl (C=O) groups excluding carboxylic acids is 1. The van der Waals surface area contributed by atoms with Gasteiger partial charge in [-0.3, -0.25) is 5.21 Å². The Morgan fingerprint density at radius 1 is 1.50 bits per heavy atom. The van der Waals surface area contributed by atoms with Crippen LogP contribution in [0.2, 0.25) is 5.02 Å². The van der Waals surface area contributed by atoms with Crippen LogP contribution in [0.15, 0.2) is 24.3 Å². The maximum Gasteiger partial charge on any atom is 0.338 e. The zero-order valence-electron chi connectivity index (χ0n) is 8.64. The Balaban J connectivity index is 1.91. The van der Waals surface area contributed by atoms with Crippen molar-refractivity contribution in [3.05, 3.63) is 34.9 Å². The molecule has 2 atom stereocenters. The first kappa shape index (κ1) is 11.2. The monoisotopic (exact) mass is 240 g/mol. The van der Waals surface area contributed by atoms with Crippen LogP contribution in [0.25, 0.3) is 0 Å². The zero-order chi connectivity index (χ0) is 11.7. The number of primary amides is 1. The number of hydrogen-bond donors (Lipinski definition) is 2. The second-order valence-electron chi connectivity index (χ2n) is 4.07. The highest BCUT2D eigenvalue weighted by Gasteiger charge is 2.39. The lowest BCUT2D eigenvalue weighted by Gasteiger charge is -2.11. The molecular weight excluding hydrogens is 228 g/mol. The van der Waals surface area contributed by atoms with E-state index in [0.29, 0.717) is 28.5 Å². The Morgan fingerprint density at radius 2 is 2.12 bits per heavy atom. The second-order valence-corrected chi connectivity index (χ2v) is 4.51. The smallest absolute Gasteiger partial charge is 0.338 e. The number of nitrogens with zero attached hydrogens (tertiary/aromatic N) is 1. The molecule has 0 aliphatic heterocycles. The van der Waals surface area contributed by atoms with Gasteiger partial charge in [-0.2, -0.15) is 0 Å². The molecule has 0 aromatic heterocycles. The van der Waals surface area contributed by atoms with Crippen molar-refractivity contribution in [1.29, 1.82) is 0 Å². The van der Waals surface area contributed by atoms with E-state index in [1.165, 1.54) is 5.56 Å². The van der Waals surface area contributed by atoms with Gasteiger partial charge in [-0.1, -0.05) is 23.7 Å². The van der Waals surface area contributed by atoms with E-state index < -0.39 is 6.03 Å². The van der Waals surface area contributed by atoms with Crippen molar-refractivity contribution in [2.45, 2.75) is 12.3 Å². The fourth-order valence-corrected chi connectivity index (χ4v) is 2.01. The quantitative estimate of drug-likeness (QED) is 0.628. The highest BCUT2D eigenvalue weighted by molar-refractivity contribution is 6.30. The van der Waals surface area contributed by atoms with Crippen LogP contribution < -0.4 is 5.73 Å². The molecule has 86 valence electrons. The standard InChI is InChI=1S/C11H13ClN2O2/c12-9-3-1-7(2-4-9)10-5-8(10)6-14(16)11(13)15/h1-4,8,10,16H,5-6H2,(H2,13,15)/t8-,10-/m0/s1. The topological polar surface area (TPSA) is 66.6 Å². The molecule has 0 spiro atoms. The Labute approximate surface area is 98.6 Å². The summed E-state index contributed by atoms with van der Waals surface area (Å²) in [6.07, 6.45) is 0.964. The maximum atomic E-state index is 10.6. The molecule has 3 N–H and O–H groups in total. The maximum absolute atomic E-state index is 10.6. The summed E-state index contributed by atoms with van der Waals surface area (Å²) in [5.41, 5.74) is 6.12. The molecule has 0 bridgehead atoms.